The number of nitrogens with two attached hydrogens (primary N) is 1. The standard InChI is InChI=1S/C11H19N3S/c1-2-11(4-3-5-11)13-7-9-8-15-10(6-12)14-9/h8,13H,2-7,12H2,1H3. The van der Waals surface area contributed by atoms with Crippen molar-refractivity contribution in [3.05, 3.63) is 16.1 Å². The monoisotopic (exact) mass is 225 g/mol. The van der Waals surface area contributed by atoms with Gasteiger partial charge in [-0.3, -0.25) is 0 Å². The Kier molecular flexibility index (Phi) is 3.38. The number of aromatic nitrogens is 1. The lowest BCUT2D eigenvalue weighted by atomic mass is 9.75. The van der Waals surface area contributed by atoms with E-state index < -0.39 is 0 Å². The van der Waals surface area contributed by atoms with Gasteiger partial charge in [0.15, 0.2) is 0 Å². The Balaban J connectivity index is 1.86. The van der Waals surface area contributed by atoms with E-state index in [0.717, 1.165) is 17.2 Å². The highest BCUT2D eigenvalue weighted by molar-refractivity contribution is 7.09. The maximum Gasteiger partial charge on any atom is 0.106 e. The zero-order valence-electron chi connectivity index (χ0n) is 9.25. The van der Waals surface area contributed by atoms with Gasteiger partial charge in [0.05, 0.1) is 5.69 Å². The van der Waals surface area contributed by atoms with Crippen LogP contribution in [0.4, 0.5) is 0 Å². The first kappa shape index (κ1) is 11.0. The molecule has 15 heavy (non-hydrogen) atoms. The minimum atomic E-state index is 0.409. The summed E-state index contributed by atoms with van der Waals surface area (Å²) in [6, 6.07) is 0. The number of hydrogen-bond donors (Lipinski definition) is 2. The van der Waals surface area contributed by atoms with Crippen molar-refractivity contribution in [2.75, 3.05) is 0 Å². The summed E-state index contributed by atoms with van der Waals surface area (Å²) in [6.45, 7) is 3.71. The molecule has 0 aliphatic heterocycles. The zero-order chi connectivity index (χ0) is 10.7. The molecule has 0 unspecified atom stereocenters. The number of nitrogens with zero attached hydrogens (tertiary/aromatic N) is 1. The first-order valence-electron chi connectivity index (χ1n) is 5.66. The molecule has 3 nitrogen and oxygen atoms in total. The average Bonchev–Trinajstić information content (AvgIpc) is 2.65. The third kappa shape index (κ3) is 2.38. The van der Waals surface area contributed by atoms with Gasteiger partial charge in [0.2, 0.25) is 0 Å². The van der Waals surface area contributed by atoms with Crippen molar-refractivity contribution in [3.63, 3.8) is 0 Å². The Morgan fingerprint density at radius 3 is 2.87 bits per heavy atom. The second-order valence-corrected chi connectivity index (χ2v) is 5.22. The van der Waals surface area contributed by atoms with E-state index in [1.165, 1.54) is 25.7 Å². The quantitative estimate of drug-likeness (QED) is 0.806. The number of thiazole rings is 1. The maximum absolute atomic E-state index is 5.54. The third-order valence-electron chi connectivity index (χ3n) is 3.41. The molecule has 84 valence electrons. The summed E-state index contributed by atoms with van der Waals surface area (Å²) in [5, 5.41) is 6.78. The summed E-state index contributed by atoms with van der Waals surface area (Å²) in [6.07, 6.45) is 5.22. The van der Waals surface area contributed by atoms with Crippen molar-refractivity contribution in [3.8, 4) is 0 Å². The molecule has 1 saturated carbocycles. The highest BCUT2D eigenvalue weighted by Crippen LogP contribution is 2.34. The van der Waals surface area contributed by atoms with Gasteiger partial charge in [-0.15, -0.1) is 11.3 Å². The summed E-state index contributed by atoms with van der Waals surface area (Å²) in [5.41, 5.74) is 7.08. The van der Waals surface area contributed by atoms with Crippen molar-refractivity contribution >= 4 is 11.3 Å². The topological polar surface area (TPSA) is 50.9 Å². The van der Waals surface area contributed by atoms with Crippen molar-refractivity contribution < 1.29 is 0 Å². The van der Waals surface area contributed by atoms with E-state index in [-0.39, 0.29) is 0 Å². The van der Waals surface area contributed by atoms with Gasteiger partial charge >= 0.3 is 0 Å². The van der Waals surface area contributed by atoms with Crippen LogP contribution in [-0.2, 0) is 13.1 Å². The van der Waals surface area contributed by atoms with Gasteiger partial charge in [0, 0.05) is 24.0 Å². The minimum Gasteiger partial charge on any atom is -0.325 e. The molecule has 1 fully saturated rings. The van der Waals surface area contributed by atoms with Crippen molar-refractivity contribution in [2.45, 2.75) is 51.2 Å². The fourth-order valence-electron chi connectivity index (χ4n) is 2.06. The first-order valence-corrected chi connectivity index (χ1v) is 6.54. The number of rotatable bonds is 5. The lowest BCUT2D eigenvalue weighted by molar-refractivity contribution is 0.175. The van der Waals surface area contributed by atoms with Crippen molar-refractivity contribution in [2.24, 2.45) is 5.73 Å². The van der Waals surface area contributed by atoms with Crippen LogP contribution in [0.3, 0.4) is 0 Å². The lowest BCUT2D eigenvalue weighted by Crippen LogP contribution is -2.49. The van der Waals surface area contributed by atoms with E-state index in [4.69, 9.17) is 5.73 Å². The van der Waals surface area contributed by atoms with Crippen LogP contribution < -0.4 is 11.1 Å². The Morgan fingerprint density at radius 2 is 2.40 bits per heavy atom. The van der Waals surface area contributed by atoms with Crippen LogP contribution in [0.25, 0.3) is 0 Å². The molecule has 2 rings (SSSR count). The van der Waals surface area contributed by atoms with Gasteiger partial charge in [-0.2, -0.15) is 0 Å². The predicted octanol–water partition coefficient (Wildman–Crippen LogP) is 2.02. The van der Waals surface area contributed by atoms with Crippen LogP contribution in [0.15, 0.2) is 5.38 Å². The molecule has 0 atom stereocenters. The van der Waals surface area contributed by atoms with Gasteiger partial charge in [-0.25, -0.2) is 4.98 Å². The summed E-state index contributed by atoms with van der Waals surface area (Å²) < 4.78 is 0. The summed E-state index contributed by atoms with van der Waals surface area (Å²) in [5.74, 6) is 0. The number of hydrogen-bond acceptors (Lipinski definition) is 4. The first-order chi connectivity index (χ1) is 7.28. The minimum absolute atomic E-state index is 0.409. The van der Waals surface area contributed by atoms with E-state index >= 15 is 0 Å². The van der Waals surface area contributed by atoms with Crippen LogP contribution in [-0.4, -0.2) is 10.5 Å². The SMILES string of the molecule is CCC1(NCc2csc(CN)n2)CCC1. The van der Waals surface area contributed by atoms with Crippen LogP contribution in [0.5, 0.6) is 0 Å². The Labute approximate surface area is 95.1 Å². The van der Waals surface area contributed by atoms with Gasteiger partial charge in [-0.05, 0) is 25.7 Å². The fraction of sp³-hybridized carbons (Fsp3) is 0.727. The molecule has 0 aromatic carbocycles. The molecule has 1 aromatic rings. The summed E-state index contributed by atoms with van der Waals surface area (Å²) in [4.78, 5) is 4.46. The molecule has 1 aromatic heterocycles. The van der Waals surface area contributed by atoms with E-state index in [1.54, 1.807) is 11.3 Å². The van der Waals surface area contributed by atoms with Crippen molar-refractivity contribution in [1.29, 1.82) is 0 Å². The Bertz CT molecular complexity index is 312. The molecule has 0 radical (unpaired) electrons. The molecule has 3 N–H and O–H groups in total. The summed E-state index contributed by atoms with van der Waals surface area (Å²) in [7, 11) is 0. The lowest BCUT2D eigenvalue weighted by Gasteiger charge is -2.42. The second kappa shape index (κ2) is 4.60. The van der Waals surface area contributed by atoms with E-state index in [1.807, 2.05) is 0 Å². The highest BCUT2D eigenvalue weighted by Gasteiger charge is 2.34. The Hall–Kier alpha value is -0.450. The predicted molar refractivity (Wildman–Crippen MR) is 63.7 cm³/mol. The smallest absolute Gasteiger partial charge is 0.106 e. The third-order valence-corrected chi connectivity index (χ3v) is 4.33. The van der Waals surface area contributed by atoms with Crippen LogP contribution in [0, 0.1) is 0 Å². The molecule has 4 heteroatoms. The van der Waals surface area contributed by atoms with Crippen LogP contribution in [0.1, 0.15) is 43.3 Å². The molecule has 0 spiro atoms. The number of nitrogens with one attached hydrogen (secondary N) is 1. The van der Waals surface area contributed by atoms with E-state index in [0.29, 0.717) is 12.1 Å². The van der Waals surface area contributed by atoms with E-state index in [9.17, 15) is 0 Å². The maximum atomic E-state index is 5.54. The fourth-order valence-corrected chi connectivity index (χ4v) is 2.74. The molecule has 1 aliphatic rings. The van der Waals surface area contributed by atoms with Gasteiger partial charge in [0.25, 0.3) is 0 Å². The molecule has 1 heterocycles. The highest BCUT2D eigenvalue weighted by atomic mass is 32.1. The molecule has 0 saturated heterocycles. The van der Waals surface area contributed by atoms with Crippen LogP contribution >= 0.6 is 11.3 Å². The molecular formula is C11H19N3S. The molecule has 0 amide bonds. The molecule has 1 aliphatic carbocycles. The Morgan fingerprint density at radius 1 is 1.60 bits per heavy atom. The average molecular weight is 225 g/mol. The van der Waals surface area contributed by atoms with Gasteiger partial charge < -0.3 is 11.1 Å². The summed E-state index contributed by atoms with van der Waals surface area (Å²) >= 11 is 1.66. The van der Waals surface area contributed by atoms with Crippen molar-refractivity contribution in [1.82, 2.24) is 10.3 Å². The van der Waals surface area contributed by atoms with Gasteiger partial charge in [0.1, 0.15) is 5.01 Å². The molecular weight excluding hydrogens is 206 g/mol. The molecule has 0 bridgehead atoms. The largest absolute Gasteiger partial charge is 0.325 e. The van der Waals surface area contributed by atoms with Crippen LogP contribution in [0.2, 0.25) is 0 Å². The zero-order valence-corrected chi connectivity index (χ0v) is 10.1. The normalized spacial score (nSPS) is 18.8. The van der Waals surface area contributed by atoms with E-state index in [2.05, 4.69) is 22.6 Å². The second-order valence-electron chi connectivity index (χ2n) is 4.28. The van der Waals surface area contributed by atoms with Gasteiger partial charge in [-0.1, -0.05) is 6.92 Å².